The van der Waals surface area contributed by atoms with Crippen LogP contribution in [0.15, 0.2) is 23.6 Å². The summed E-state index contributed by atoms with van der Waals surface area (Å²) in [4.78, 5) is 14.9. The van der Waals surface area contributed by atoms with E-state index in [0.717, 1.165) is 43.0 Å². The zero-order chi connectivity index (χ0) is 17.8. The maximum atomic E-state index is 12.5. The number of aryl methyl sites for hydroxylation is 1. The van der Waals surface area contributed by atoms with Gasteiger partial charge in [0.15, 0.2) is 0 Å². The van der Waals surface area contributed by atoms with Crippen LogP contribution >= 0.6 is 0 Å². The van der Waals surface area contributed by atoms with Gasteiger partial charge in [-0.15, -0.1) is 0 Å². The molecule has 0 saturated carbocycles. The molecule has 2 atom stereocenters. The summed E-state index contributed by atoms with van der Waals surface area (Å²) in [6.07, 6.45) is 3.37. The van der Waals surface area contributed by atoms with E-state index < -0.39 is 0 Å². The minimum atomic E-state index is -0.0986. The van der Waals surface area contributed by atoms with Crippen molar-refractivity contribution in [1.82, 2.24) is 20.0 Å². The fraction of sp³-hybridized carbons (Fsp3) is 0.667. The van der Waals surface area contributed by atoms with Gasteiger partial charge in [0, 0.05) is 26.3 Å². The lowest BCUT2D eigenvalue weighted by molar-refractivity contribution is -0.120. The number of carbonyl (C=O) groups excluding carboxylic acids is 1. The molecule has 25 heavy (non-hydrogen) atoms. The van der Waals surface area contributed by atoms with Crippen LogP contribution in [0.5, 0.6) is 0 Å². The number of nitrogens with zero attached hydrogens (tertiary/aromatic N) is 3. The van der Waals surface area contributed by atoms with Crippen molar-refractivity contribution in [2.75, 3.05) is 32.8 Å². The van der Waals surface area contributed by atoms with E-state index in [9.17, 15) is 4.79 Å². The third kappa shape index (κ3) is 3.88. The van der Waals surface area contributed by atoms with Crippen molar-refractivity contribution in [3.63, 3.8) is 0 Å². The number of hydrogen-bond donors (Lipinski definition) is 1. The second-order valence-electron chi connectivity index (χ2n) is 6.56. The predicted molar refractivity (Wildman–Crippen MR) is 93.8 cm³/mol. The Morgan fingerprint density at radius 1 is 1.44 bits per heavy atom. The van der Waals surface area contributed by atoms with E-state index >= 15 is 0 Å². The van der Waals surface area contributed by atoms with Gasteiger partial charge in [0.1, 0.15) is 5.76 Å². The summed E-state index contributed by atoms with van der Waals surface area (Å²) >= 11 is 0. The highest BCUT2D eigenvalue weighted by Crippen LogP contribution is 2.29. The first-order valence-electron chi connectivity index (χ1n) is 9.06. The van der Waals surface area contributed by atoms with Crippen molar-refractivity contribution in [2.24, 2.45) is 7.05 Å². The Morgan fingerprint density at radius 3 is 2.96 bits per heavy atom. The van der Waals surface area contributed by atoms with Gasteiger partial charge in [-0.3, -0.25) is 14.4 Å². The van der Waals surface area contributed by atoms with Gasteiger partial charge in [-0.1, -0.05) is 6.92 Å². The maximum absolute atomic E-state index is 12.5. The molecule has 1 fully saturated rings. The number of aromatic nitrogens is 2. The van der Waals surface area contributed by atoms with Crippen molar-refractivity contribution >= 4 is 5.91 Å². The van der Waals surface area contributed by atoms with Crippen LogP contribution in [0.2, 0.25) is 0 Å². The largest absolute Gasteiger partial charge is 0.498 e. The molecule has 0 spiro atoms. The number of rotatable bonds is 5. The molecule has 2 aliphatic rings. The molecule has 0 unspecified atom stereocenters. The molecule has 7 nitrogen and oxygen atoms in total. The molecular weight excluding hydrogens is 320 g/mol. The van der Waals surface area contributed by atoms with Crippen LogP contribution in [0, 0.1) is 0 Å². The highest BCUT2D eigenvalue weighted by molar-refractivity contribution is 5.93. The molecule has 3 heterocycles. The first kappa shape index (κ1) is 17.9. The number of amides is 1. The molecule has 3 rings (SSSR count). The molecule has 1 N–H and O–H groups in total. The van der Waals surface area contributed by atoms with Crippen molar-refractivity contribution in [3.8, 4) is 0 Å². The van der Waals surface area contributed by atoms with Gasteiger partial charge < -0.3 is 14.8 Å². The quantitative estimate of drug-likeness (QED) is 0.871. The predicted octanol–water partition coefficient (Wildman–Crippen LogP) is 1.38. The first-order valence-corrected chi connectivity index (χ1v) is 9.06. The maximum Gasteiger partial charge on any atom is 0.250 e. The zero-order valence-corrected chi connectivity index (χ0v) is 15.3. The molecular formula is C18H28N4O3. The van der Waals surface area contributed by atoms with Gasteiger partial charge in [0.25, 0.3) is 5.91 Å². The standard InChI is InChI=1S/C18H28N4O3/c1-4-22-9-11-25-16(17(22)15-7-8-20-21(15)3)12-19-18(23)14-6-5-10-24-13(14)2/h7-8,16-17H,4-6,9-12H2,1-3H3,(H,19,23)/t16-,17-/m0/s1. The van der Waals surface area contributed by atoms with Crippen molar-refractivity contribution in [2.45, 2.75) is 38.8 Å². The Balaban J connectivity index is 1.71. The van der Waals surface area contributed by atoms with Gasteiger partial charge in [-0.2, -0.15) is 5.10 Å². The average Bonchev–Trinajstić information content (AvgIpc) is 3.05. The number of morpholine rings is 1. The number of nitrogens with one attached hydrogen (secondary N) is 1. The Morgan fingerprint density at radius 2 is 2.28 bits per heavy atom. The zero-order valence-electron chi connectivity index (χ0n) is 15.3. The summed E-state index contributed by atoms with van der Waals surface area (Å²) < 4.78 is 13.4. The molecule has 1 amide bonds. The van der Waals surface area contributed by atoms with Crippen LogP contribution in [0.25, 0.3) is 0 Å². The van der Waals surface area contributed by atoms with Crippen molar-refractivity contribution in [3.05, 3.63) is 29.3 Å². The molecule has 7 heteroatoms. The third-order valence-corrected chi connectivity index (χ3v) is 5.08. The van der Waals surface area contributed by atoms with E-state index in [-0.39, 0.29) is 18.1 Å². The van der Waals surface area contributed by atoms with Crippen LogP contribution in [-0.2, 0) is 21.3 Å². The van der Waals surface area contributed by atoms with Crippen LogP contribution in [-0.4, -0.2) is 59.5 Å². The van der Waals surface area contributed by atoms with Gasteiger partial charge in [-0.25, -0.2) is 0 Å². The molecule has 1 aromatic rings. The summed E-state index contributed by atoms with van der Waals surface area (Å²) in [5.41, 5.74) is 1.86. The fourth-order valence-corrected chi connectivity index (χ4v) is 3.67. The third-order valence-electron chi connectivity index (χ3n) is 5.08. The topological polar surface area (TPSA) is 68.6 Å². The average molecular weight is 348 g/mol. The smallest absolute Gasteiger partial charge is 0.250 e. The van der Waals surface area contributed by atoms with Crippen LogP contribution in [0.1, 0.15) is 38.4 Å². The number of carbonyl (C=O) groups is 1. The highest BCUT2D eigenvalue weighted by atomic mass is 16.5. The summed E-state index contributed by atoms with van der Waals surface area (Å²) in [5, 5.41) is 7.35. The van der Waals surface area contributed by atoms with Gasteiger partial charge in [0.05, 0.1) is 36.6 Å². The first-order chi connectivity index (χ1) is 12.1. The van der Waals surface area contributed by atoms with Crippen LogP contribution in [0.4, 0.5) is 0 Å². The number of ether oxygens (including phenoxy) is 2. The minimum Gasteiger partial charge on any atom is -0.498 e. The Hall–Kier alpha value is -1.86. The molecule has 2 aliphatic heterocycles. The Labute approximate surface area is 149 Å². The van der Waals surface area contributed by atoms with Crippen molar-refractivity contribution in [1.29, 1.82) is 0 Å². The van der Waals surface area contributed by atoms with Crippen molar-refractivity contribution < 1.29 is 14.3 Å². The SMILES string of the molecule is CCN1CCO[C@@H](CNC(=O)C2=C(C)OCCC2)[C@@H]1c1ccnn1C. The second-order valence-corrected chi connectivity index (χ2v) is 6.56. The molecule has 0 aliphatic carbocycles. The van der Waals surface area contributed by atoms with Gasteiger partial charge in [-0.05, 0) is 32.4 Å². The van der Waals surface area contributed by atoms with Gasteiger partial charge in [0.2, 0.25) is 0 Å². The number of likely N-dealkylation sites (N-methyl/N-ethyl adjacent to an activating group) is 1. The lowest BCUT2D eigenvalue weighted by Gasteiger charge is -2.40. The summed E-state index contributed by atoms with van der Waals surface area (Å²) in [6, 6.07) is 2.11. The molecule has 1 saturated heterocycles. The number of hydrogen-bond acceptors (Lipinski definition) is 5. The van der Waals surface area contributed by atoms with Gasteiger partial charge >= 0.3 is 0 Å². The Bertz CT molecular complexity index is 640. The lowest BCUT2D eigenvalue weighted by Crippen LogP contribution is -2.50. The highest BCUT2D eigenvalue weighted by Gasteiger charge is 2.35. The van der Waals surface area contributed by atoms with E-state index in [1.54, 1.807) is 6.20 Å². The number of allylic oxidation sites excluding steroid dienone is 1. The monoisotopic (exact) mass is 348 g/mol. The summed E-state index contributed by atoms with van der Waals surface area (Å²) in [5.74, 6) is 0.699. The molecule has 1 aromatic heterocycles. The van der Waals surface area contributed by atoms with Crippen LogP contribution < -0.4 is 5.32 Å². The fourth-order valence-electron chi connectivity index (χ4n) is 3.67. The molecule has 138 valence electrons. The lowest BCUT2D eigenvalue weighted by atomic mass is 10.0. The van der Waals surface area contributed by atoms with E-state index in [0.29, 0.717) is 19.8 Å². The van der Waals surface area contributed by atoms with E-state index in [1.165, 1.54) is 0 Å². The summed E-state index contributed by atoms with van der Waals surface area (Å²) in [6.45, 7) is 7.68. The Kier molecular flexibility index (Phi) is 5.75. The minimum absolute atomic E-state index is 0.0434. The van der Waals surface area contributed by atoms with Crippen LogP contribution in [0.3, 0.4) is 0 Å². The molecule has 0 radical (unpaired) electrons. The molecule has 0 aromatic carbocycles. The van der Waals surface area contributed by atoms with E-state index in [2.05, 4.69) is 22.2 Å². The van der Waals surface area contributed by atoms with E-state index in [1.807, 2.05) is 24.7 Å². The normalized spacial score (nSPS) is 24.9. The van der Waals surface area contributed by atoms with E-state index in [4.69, 9.17) is 9.47 Å². The second kappa shape index (κ2) is 8.01. The summed E-state index contributed by atoms with van der Waals surface area (Å²) in [7, 11) is 1.95. The molecule has 0 bridgehead atoms.